The summed E-state index contributed by atoms with van der Waals surface area (Å²) in [6.07, 6.45) is 0. The summed E-state index contributed by atoms with van der Waals surface area (Å²) in [7, 11) is -0.601. The van der Waals surface area contributed by atoms with Gasteiger partial charge in [0.15, 0.2) is 0 Å². The molecule has 0 saturated heterocycles. The molecule has 2 N–H and O–H groups in total. The predicted molar refractivity (Wildman–Crippen MR) is 100 cm³/mol. The Morgan fingerprint density at radius 1 is 1.08 bits per heavy atom. The topological polar surface area (TPSA) is 78.5 Å². The van der Waals surface area contributed by atoms with Crippen LogP contribution in [0, 0.1) is 13.8 Å². The van der Waals surface area contributed by atoms with Crippen LogP contribution in [-0.4, -0.2) is 39.3 Å². The van der Waals surface area contributed by atoms with Crippen LogP contribution in [-0.2, 0) is 14.8 Å². The summed E-state index contributed by atoms with van der Waals surface area (Å²) in [6, 6.07) is 12.2. The van der Waals surface area contributed by atoms with Crippen molar-refractivity contribution in [1.82, 2.24) is 4.31 Å². The van der Waals surface area contributed by atoms with E-state index in [1.807, 2.05) is 32.0 Å². The lowest BCUT2D eigenvalue weighted by molar-refractivity contribution is -0.114. The second-order valence-corrected chi connectivity index (χ2v) is 8.19. The summed E-state index contributed by atoms with van der Waals surface area (Å²) < 4.78 is 25.4. The molecular formula is C18H23N3O3S. The smallest absolute Gasteiger partial charge is 0.243 e. The maximum absolute atomic E-state index is 12.2. The van der Waals surface area contributed by atoms with E-state index in [0.717, 1.165) is 21.1 Å². The highest BCUT2D eigenvalue weighted by Gasteiger charge is 2.17. The molecule has 2 aromatic carbocycles. The summed E-state index contributed by atoms with van der Waals surface area (Å²) in [5.41, 5.74) is 3.50. The molecule has 0 heterocycles. The van der Waals surface area contributed by atoms with E-state index < -0.39 is 10.0 Å². The third kappa shape index (κ3) is 4.80. The number of nitrogens with zero attached hydrogens (tertiary/aromatic N) is 1. The van der Waals surface area contributed by atoms with E-state index in [9.17, 15) is 13.2 Å². The lowest BCUT2D eigenvalue weighted by Gasteiger charge is -2.13. The SMILES string of the molecule is Cc1ccc(C)c(NCC(=O)Nc2cccc(S(=O)(=O)N(C)C)c2)c1. The minimum atomic E-state index is -3.53. The molecule has 25 heavy (non-hydrogen) atoms. The Hall–Kier alpha value is -2.38. The van der Waals surface area contributed by atoms with Gasteiger partial charge in [-0.3, -0.25) is 4.79 Å². The van der Waals surface area contributed by atoms with E-state index in [4.69, 9.17) is 0 Å². The van der Waals surface area contributed by atoms with E-state index >= 15 is 0 Å². The molecule has 0 bridgehead atoms. The van der Waals surface area contributed by atoms with Crippen LogP contribution < -0.4 is 10.6 Å². The average molecular weight is 361 g/mol. The molecule has 0 radical (unpaired) electrons. The van der Waals surface area contributed by atoms with Crippen molar-refractivity contribution in [3.8, 4) is 0 Å². The molecule has 0 aliphatic carbocycles. The van der Waals surface area contributed by atoms with Crippen molar-refractivity contribution < 1.29 is 13.2 Å². The van der Waals surface area contributed by atoms with Crippen LogP contribution in [0.15, 0.2) is 47.4 Å². The average Bonchev–Trinajstić information content (AvgIpc) is 2.55. The number of carbonyl (C=O) groups excluding carboxylic acids is 1. The van der Waals surface area contributed by atoms with Gasteiger partial charge in [-0.2, -0.15) is 0 Å². The largest absolute Gasteiger partial charge is 0.376 e. The second kappa shape index (κ2) is 7.67. The number of benzene rings is 2. The Morgan fingerprint density at radius 3 is 2.48 bits per heavy atom. The molecule has 134 valence electrons. The Kier molecular flexibility index (Phi) is 5.81. The third-order valence-electron chi connectivity index (χ3n) is 3.73. The first-order chi connectivity index (χ1) is 11.7. The summed E-state index contributed by atoms with van der Waals surface area (Å²) in [4.78, 5) is 12.3. The lowest BCUT2D eigenvalue weighted by atomic mass is 10.1. The van der Waals surface area contributed by atoms with Crippen LogP contribution in [0.3, 0.4) is 0 Å². The summed E-state index contributed by atoms with van der Waals surface area (Å²) in [6.45, 7) is 4.05. The van der Waals surface area contributed by atoms with Crippen LogP contribution >= 0.6 is 0 Å². The fourth-order valence-electron chi connectivity index (χ4n) is 2.25. The third-order valence-corrected chi connectivity index (χ3v) is 5.54. The Morgan fingerprint density at radius 2 is 1.80 bits per heavy atom. The minimum Gasteiger partial charge on any atom is -0.376 e. The van der Waals surface area contributed by atoms with Crippen LogP contribution in [0.2, 0.25) is 0 Å². The van der Waals surface area contributed by atoms with Crippen LogP contribution in [0.4, 0.5) is 11.4 Å². The molecule has 0 saturated carbocycles. The molecule has 0 fully saturated rings. The second-order valence-electron chi connectivity index (χ2n) is 6.04. The Labute approximate surface area is 148 Å². The molecular weight excluding hydrogens is 338 g/mol. The highest BCUT2D eigenvalue weighted by Crippen LogP contribution is 2.18. The standard InChI is InChI=1S/C18H23N3O3S/c1-13-8-9-14(2)17(10-13)19-12-18(22)20-15-6-5-7-16(11-15)25(23,24)21(3)4/h5-11,19H,12H2,1-4H3,(H,20,22). The van der Waals surface area contributed by atoms with E-state index in [1.165, 1.54) is 26.2 Å². The van der Waals surface area contributed by atoms with Gasteiger partial charge < -0.3 is 10.6 Å². The van der Waals surface area contributed by atoms with Gasteiger partial charge >= 0.3 is 0 Å². The maximum Gasteiger partial charge on any atom is 0.243 e. The van der Waals surface area contributed by atoms with Crippen molar-refractivity contribution in [3.05, 3.63) is 53.6 Å². The van der Waals surface area contributed by atoms with Crippen molar-refractivity contribution >= 4 is 27.3 Å². The highest BCUT2D eigenvalue weighted by molar-refractivity contribution is 7.89. The van der Waals surface area contributed by atoms with Gasteiger partial charge in [-0.25, -0.2) is 12.7 Å². The molecule has 1 amide bonds. The first-order valence-electron chi connectivity index (χ1n) is 7.84. The molecule has 0 aliphatic rings. The van der Waals surface area contributed by atoms with Gasteiger partial charge in [0.1, 0.15) is 0 Å². The fourth-order valence-corrected chi connectivity index (χ4v) is 3.20. The molecule has 0 aliphatic heterocycles. The first-order valence-corrected chi connectivity index (χ1v) is 9.28. The number of carbonyl (C=O) groups is 1. The number of amides is 1. The van der Waals surface area contributed by atoms with Gasteiger partial charge in [-0.15, -0.1) is 0 Å². The predicted octanol–water partition coefficient (Wildman–Crippen LogP) is 2.60. The fraction of sp³-hybridized carbons (Fsp3) is 0.278. The molecule has 2 rings (SSSR count). The molecule has 7 heteroatoms. The van der Waals surface area contributed by atoms with Crippen molar-refractivity contribution in [3.63, 3.8) is 0 Å². The van der Waals surface area contributed by atoms with Crippen molar-refractivity contribution in [2.45, 2.75) is 18.7 Å². The first kappa shape index (κ1) is 19.0. The Bertz CT molecular complexity index is 877. The molecule has 2 aromatic rings. The normalized spacial score (nSPS) is 11.4. The van der Waals surface area contributed by atoms with Crippen molar-refractivity contribution in [1.29, 1.82) is 0 Å². The molecule has 6 nitrogen and oxygen atoms in total. The van der Waals surface area contributed by atoms with Crippen molar-refractivity contribution in [2.75, 3.05) is 31.3 Å². The molecule has 0 unspecified atom stereocenters. The van der Waals surface area contributed by atoms with Crippen LogP contribution in [0.5, 0.6) is 0 Å². The van der Waals surface area contributed by atoms with Gasteiger partial charge in [0, 0.05) is 25.5 Å². The number of anilines is 2. The van der Waals surface area contributed by atoms with Gasteiger partial charge in [0.2, 0.25) is 15.9 Å². The van der Waals surface area contributed by atoms with E-state index in [1.54, 1.807) is 12.1 Å². The number of aryl methyl sites for hydroxylation is 2. The quantitative estimate of drug-likeness (QED) is 0.829. The van der Waals surface area contributed by atoms with Gasteiger partial charge in [-0.05, 0) is 49.2 Å². The summed E-state index contributed by atoms with van der Waals surface area (Å²) in [5.74, 6) is -0.250. The maximum atomic E-state index is 12.2. The number of hydrogen-bond donors (Lipinski definition) is 2. The minimum absolute atomic E-state index is 0.0922. The number of nitrogens with one attached hydrogen (secondary N) is 2. The zero-order valence-corrected chi connectivity index (χ0v) is 15.6. The van der Waals surface area contributed by atoms with Gasteiger partial charge in [0.05, 0.1) is 11.4 Å². The number of rotatable bonds is 6. The summed E-state index contributed by atoms with van der Waals surface area (Å²) >= 11 is 0. The number of sulfonamides is 1. The zero-order chi connectivity index (χ0) is 18.6. The van der Waals surface area contributed by atoms with Crippen LogP contribution in [0.1, 0.15) is 11.1 Å². The van der Waals surface area contributed by atoms with E-state index in [-0.39, 0.29) is 17.3 Å². The van der Waals surface area contributed by atoms with E-state index in [0.29, 0.717) is 5.69 Å². The van der Waals surface area contributed by atoms with Gasteiger partial charge in [0.25, 0.3) is 0 Å². The molecule has 0 aromatic heterocycles. The van der Waals surface area contributed by atoms with Crippen LogP contribution in [0.25, 0.3) is 0 Å². The lowest BCUT2D eigenvalue weighted by Crippen LogP contribution is -2.24. The molecule has 0 atom stereocenters. The van der Waals surface area contributed by atoms with Crippen molar-refractivity contribution in [2.24, 2.45) is 0 Å². The number of hydrogen-bond acceptors (Lipinski definition) is 4. The monoisotopic (exact) mass is 361 g/mol. The van der Waals surface area contributed by atoms with E-state index in [2.05, 4.69) is 10.6 Å². The molecule has 0 spiro atoms. The Balaban J connectivity index is 2.05. The van der Waals surface area contributed by atoms with Gasteiger partial charge in [-0.1, -0.05) is 18.2 Å². The zero-order valence-electron chi connectivity index (χ0n) is 14.8. The highest BCUT2D eigenvalue weighted by atomic mass is 32.2. The summed E-state index contributed by atoms with van der Waals surface area (Å²) in [5, 5.41) is 5.81.